The van der Waals surface area contributed by atoms with Crippen molar-refractivity contribution < 1.29 is 9.59 Å². The van der Waals surface area contributed by atoms with Crippen molar-refractivity contribution in [1.82, 2.24) is 10.6 Å². The van der Waals surface area contributed by atoms with Gasteiger partial charge in [0.2, 0.25) is 0 Å². The molecule has 0 atom stereocenters. The molecule has 3 rings (SSSR count). The van der Waals surface area contributed by atoms with Gasteiger partial charge in [0.05, 0.1) is 0 Å². The highest BCUT2D eigenvalue weighted by atomic mass is 32.1. The maximum absolute atomic E-state index is 12.4. The first kappa shape index (κ1) is 20.2. The van der Waals surface area contributed by atoms with Gasteiger partial charge in [-0.05, 0) is 55.0 Å². The minimum Gasteiger partial charge on any atom is -0.348 e. The zero-order valence-corrected chi connectivity index (χ0v) is 16.8. The fraction of sp³-hybridized carbons (Fsp3) is 0.0870. The minimum atomic E-state index is -0.292. The monoisotopic (exact) mass is 403 g/mol. The smallest absolute Gasteiger partial charge is 0.257 e. The summed E-state index contributed by atoms with van der Waals surface area (Å²) >= 11 is 5.22. The molecule has 0 radical (unpaired) electrons. The molecule has 0 spiro atoms. The zero-order valence-electron chi connectivity index (χ0n) is 15.9. The molecule has 0 saturated heterocycles. The lowest BCUT2D eigenvalue weighted by atomic mass is 10.1. The van der Waals surface area contributed by atoms with Crippen LogP contribution in [0.5, 0.6) is 0 Å². The number of nitrogens with one attached hydrogen (secondary N) is 3. The number of aryl methyl sites for hydroxylation is 1. The van der Waals surface area contributed by atoms with Crippen LogP contribution in [0.1, 0.15) is 31.8 Å². The highest BCUT2D eigenvalue weighted by Crippen LogP contribution is 2.11. The number of amides is 2. The van der Waals surface area contributed by atoms with E-state index in [2.05, 4.69) is 16.0 Å². The van der Waals surface area contributed by atoms with Gasteiger partial charge in [0, 0.05) is 23.4 Å². The highest BCUT2D eigenvalue weighted by Gasteiger charge is 2.10. The van der Waals surface area contributed by atoms with Crippen LogP contribution in [0.25, 0.3) is 0 Å². The third kappa shape index (κ3) is 5.99. The van der Waals surface area contributed by atoms with E-state index >= 15 is 0 Å². The number of benzene rings is 3. The molecule has 5 nitrogen and oxygen atoms in total. The predicted octanol–water partition coefficient (Wildman–Crippen LogP) is 4.05. The van der Waals surface area contributed by atoms with Crippen molar-refractivity contribution in [3.8, 4) is 0 Å². The number of hydrogen-bond donors (Lipinski definition) is 3. The maximum Gasteiger partial charge on any atom is 0.257 e. The molecule has 0 heterocycles. The Morgan fingerprint density at radius 1 is 0.828 bits per heavy atom. The van der Waals surface area contributed by atoms with Gasteiger partial charge in [-0.15, -0.1) is 0 Å². The van der Waals surface area contributed by atoms with E-state index in [1.807, 2.05) is 49.4 Å². The maximum atomic E-state index is 12.4. The Labute approximate surface area is 175 Å². The second-order valence-corrected chi connectivity index (χ2v) is 6.93. The third-order valence-electron chi connectivity index (χ3n) is 4.22. The summed E-state index contributed by atoms with van der Waals surface area (Å²) in [6, 6.07) is 23.8. The van der Waals surface area contributed by atoms with Gasteiger partial charge >= 0.3 is 0 Å². The Balaban J connectivity index is 1.57. The van der Waals surface area contributed by atoms with Crippen LogP contribution in [-0.2, 0) is 6.54 Å². The van der Waals surface area contributed by atoms with Crippen LogP contribution < -0.4 is 16.0 Å². The molecular weight excluding hydrogens is 382 g/mol. The van der Waals surface area contributed by atoms with Crippen LogP contribution in [0.15, 0.2) is 78.9 Å². The van der Waals surface area contributed by atoms with Crippen LogP contribution >= 0.6 is 12.2 Å². The van der Waals surface area contributed by atoms with Crippen molar-refractivity contribution in [2.75, 3.05) is 5.32 Å². The van der Waals surface area contributed by atoms with Crippen molar-refractivity contribution in [1.29, 1.82) is 0 Å². The van der Waals surface area contributed by atoms with Gasteiger partial charge in [-0.25, -0.2) is 0 Å². The van der Waals surface area contributed by atoms with Gasteiger partial charge in [-0.3, -0.25) is 14.9 Å². The normalized spacial score (nSPS) is 10.1. The fourth-order valence-electron chi connectivity index (χ4n) is 2.66. The lowest BCUT2D eigenvalue weighted by molar-refractivity contribution is 0.0948. The minimum absolute atomic E-state index is 0.164. The summed E-state index contributed by atoms with van der Waals surface area (Å²) < 4.78 is 0. The van der Waals surface area contributed by atoms with Crippen molar-refractivity contribution in [3.63, 3.8) is 0 Å². The molecule has 0 aromatic heterocycles. The summed E-state index contributed by atoms with van der Waals surface area (Å²) in [5, 5.41) is 8.63. The Hall–Kier alpha value is -3.51. The Morgan fingerprint density at radius 2 is 1.55 bits per heavy atom. The summed E-state index contributed by atoms with van der Waals surface area (Å²) in [7, 11) is 0. The van der Waals surface area contributed by atoms with Crippen molar-refractivity contribution in [2.45, 2.75) is 13.5 Å². The number of hydrogen-bond acceptors (Lipinski definition) is 3. The van der Waals surface area contributed by atoms with E-state index in [1.165, 1.54) is 0 Å². The molecular formula is C23H21N3O2S. The van der Waals surface area contributed by atoms with Gasteiger partial charge in [0.15, 0.2) is 5.11 Å². The molecule has 0 aliphatic heterocycles. The molecule has 0 aliphatic carbocycles. The van der Waals surface area contributed by atoms with Crippen LogP contribution in [0.2, 0.25) is 0 Å². The van der Waals surface area contributed by atoms with Crippen LogP contribution in [0.3, 0.4) is 0 Å². The van der Waals surface area contributed by atoms with Crippen molar-refractivity contribution >= 4 is 34.8 Å². The molecule has 0 unspecified atom stereocenters. The molecule has 6 heteroatoms. The van der Waals surface area contributed by atoms with Gasteiger partial charge in [-0.1, -0.05) is 54.1 Å². The lowest BCUT2D eigenvalue weighted by Crippen LogP contribution is -2.34. The van der Waals surface area contributed by atoms with Crippen molar-refractivity contribution in [2.24, 2.45) is 0 Å². The van der Waals surface area contributed by atoms with Gasteiger partial charge in [0.25, 0.3) is 11.8 Å². The molecule has 0 bridgehead atoms. The molecule has 0 aliphatic rings. The average molecular weight is 404 g/mol. The summed E-state index contributed by atoms with van der Waals surface area (Å²) in [6.07, 6.45) is 0. The van der Waals surface area contributed by atoms with Crippen LogP contribution in [0, 0.1) is 6.92 Å². The first-order chi connectivity index (χ1) is 14.0. The van der Waals surface area contributed by atoms with Gasteiger partial charge in [-0.2, -0.15) is 0 Å². The molecule has 146 valence electrons. The topological polar surface area (TPSA) is 70.2 Å². The predicted molar refractivity (Wildman–Crippen MR) is 119 cm³/mol. The third-order valence-corrected chi connectivity index (χ3v) is 4.42. The van der Waals surface area contributed by atoms with E-state index in [-0.39, 0.29) is 16.9 Å². The Morgan fingerprint density at radius 3 is 2.28 bits per heavy atom. The summed E-state index contributed by atoms with van der Waals surface area (Å²) in [6.45, 7) is 2.40. The van der Waals surface area contributed by atoms with Gasteiger partial charge < -0.3 is 10.6 Å². The quantitative estimate of drug-likeness (QED) is 0.562. The number of rotatable bonds is 5. The second kappa shape index (κ2) is 9.61. The van der Waals surface area contributed by atoms with Gasteiger partial charge in [0.1, 0.15) is 0 Å². The number of thiocarbonyl (C=S) groups is 1. The SMILES string of the molecule is Cc1ccc(C(=O)NC(=S)Nc2cccc(C(=O)NCc3ccccc3)c2)cc1. The fourth-order valence-corrected chi connectivity index (χ4v) is 2.87. The standard InChI is InChI=1S/C23H21N3O2S/c1-16-10-12-18(13-11-16)22(28)26-23(29)25-20-9-5-8-19(14-20)21(27)24-15-17-6-3-2-4-7-17/h2-14H,15H2,1H3,(H,24,27)(H2,25,26,28,29). The van der Waals surface area contributed by atoms with E-state index in [4.69, 9.17) is 12.2 Å². The van der Waals surface area contributed by atoms with Crippen LogP contribution in [0.4, 0.5) is 5.69 Å². The zero-order chi connectivity index (χ0) is 20.6. The Kier molecular flexibility index (Phi) is 6.71. The highest BCUT2D eigenvalue weighted by molar-refractivity contribution is 7.80. The Bertz CT molecular complexity index is 1020. The van der Waals surface area contributed by atoms with Crippen LogP contribution in [-0.4, -0.2) is 16.9 Å². The molecule has 29 heavy (non-hydrogen) atoms. The summed E-state index contributed by atoms with van der Waals surface area (Å²) in [5.41, 5.74) is 3.73. The van der Waals surface area contributed by atoms with E-state index in [0.29, 0.717) is 23.4 Å². The summed E-state index contributed by atoms with van der Waals surface area (Å²) in [4.78, 5) is 24.7. The van der Waals surface area contributed by atoms with E-state index in [9.17, 15) is 9.59 Å². The summed E-state index contributed by atoms with van der Waals surface area (Å²) in [5.74, 6) is -0.480. The van der Waals surface area contributed by atoms with E-state index < -0.39 is 0 Å². The van der Waals surface area contributed by atoms with E-state index in [1.54, 1.807) is 36.4 Å². The number of carbonyl (C=O) groups excluding carboxylic acids is 2. The second-order valence-electron chi connectivity index (χ2n) is 6.52. The van der Waals surface area contributed by atoms with Crippen molar-refractivity contribution in [3.05, 3.63) is 101 Å². The number of anilines is 1. The average Bonchev–Trinajstić information content (AvgIpc) is 2.73. The number of carbonyl (C=O) groups is 2. The molecule has 0 fully saturated rings. The largest absolute Gasteiger partial charge is 0.348 e. The molecule has 0 saturated carbocycles. The first-order valence-corrected chi connectivity index (χ1v) is 9.53. The van der Waals surface area contributed by atoms with E-state index in [0.717, 1.165) is 11.1 Å². The molecule has 3 aromatic carbocycles. The molecule has 3 N–H and O–H groups in total. The first-order valence-electron chi connectivity index (χ1n) is 9.12. The molecule has 2 amide bonds. The lowest BCUT2D eigenvalue weighted by Gasteiger charge is -2.11. The molecule has 3 aromatic rings.